The molecule has 2 saturated heterocycles. The molecule has 5 nitrogen and oxygen atoms in total. The molecule has 0 aliphatic carbocycles. The maximum Gasteiger partial charge on any atom is 0.245 e. The molecular formula is C20H30ClN3O2. The van der Waals surface area contributed by atoms with Gasteiger partial charge >= 0.3 is 0 Å². The van der Waals surface area contributed by atoms with Gasteiger partial charge in [0.05, 0.1) is 0 Å². The van der Waals surface area contributed by atoms with Crippen LogP contribution in [-0.4, -0.2) is 54.3 Å². The third kappa shape index (κ3) is 4.77. The predicted molar refractivity (Wildman–Crippen MR) is 105 cm³/mol. The summed E-state index contributed by atoms with van der Waals surface area (Å²) < 4.78 is 0. The summed E-state index contributed by atoms with van der Waals surface area (Å²) >= 11 is 0. The normalized spacial score (nSPS) is 21.0. The lowest BCUT2D eigenvalue weighted by Gasteiger charge is -2.35. The number of carbonyl (C=O) groups excluding carboxylic acids is 2. The lowest BCUT2D eigenvalue weighted by atomic mass is 9.96. The van der Waals surface area contributed by atoms with E-state index in [1.807, 2.05) is 24.1 Å². The van der Waals surface area contributed by atoms with Crippen LogP contribution >= 0.6 is 12.4 Å². The monoisotopic (exact) mass is 379 g/mol. The fraction of sp³-hybridized carbons (Fsp3) is 0.600. The molecule has 0 spiro atoms. The fourth-order valence-electron chi connectivity index (χ4n) is 3.94. The summed E-state index contributed by atoms with van der Waals surface area (Å²) in [4.78, 5) is 29.1. The van der Waals surface area contributed by atoms with Gasteiger partial charge in [0.1, 0.15) is 6.04 Å². The van der Waals surface area contributed by atoms with Crippen molar-refractivity contribution in [1.82, 2.24) is 15.1 Å². The van der Waals surface area contributed by atoms with Crippen LogP contribution < -0.4 is 5.32 Å². The van der Waals surface area contributed by atoms with Crippen molar-refractivity contribution in [1.29, 1.82) is 0 Å². The zero-order valence-electron chi connectivity index (χ0n) is 15.7. The highest BCUT2D eigenvalue weighted by Crippen LogP contribution is 2.25. The van der Waals surface area contributed by atoms with E-state index in [4.69, 9.17) is 0 Å². The van der Waals surface area contributed by atoms with Crippen LogP contribution in [0.1, 0.15) is 36.8 Å². The van der Waals surface area contributed by atoms with Crippen molar-refractivity contribution in [2.45, 2.75) is 45.2 Å². The number of piperidine rings is 1. The van der Waals surface area contributed by atoms with Gasteiger partial charge in [-0.25, -0.2) is 0 Å². The summed E-state index contributed by atoms with van der Waals surface area (Å²) in [5.41, 5.74) is 2.29. The van der Waals surface area contributed by atoms with E-state index in [-0.39, 0.29) is 30.3 Å². The van der Waals surface area contributed by atoms with Crippen LogP contribution in [-0.2, 0) is 16.1 Å². The van der Waals surface area contributed by atoms with Gasteiger partial charge in [-0.15, -0.1) is 12.4 Å². The molecule has 2 heterocycles. The number of rotatable bonds is 5. The van der Waals surface area contributed by atoms with Crippen LogP contribution in [0.15, 0.2) is 24.3 Å². The Hall–Kier alpha value is -1.59. The highest BCUT2D eigenvalue weighted by atomic mass is 35.5. The first kappa shape index (κ1) is 20.7. The minimum atomic E-state index is -0.283. The number of halogens is 1. The van der Waals surface area contributed by atoms with E-state index in [1.54, 1.807) is 4.90 Å². The summed E-state index contributed by atoms with van der Waals surface area (Å²) in [5, 5.41) is 3.22. The first-order valence-electron chi connectivity index (χ1n) is 9.37. The third-order valence-corrected chi connectivity index (χ3v) is 5.51. The minimum Gasteiger partial charge on any atom is -0.341 e. The lowest BCUT2D eigenvalue weighted by molar-refractivity contribution is -0.142. The Morgan fingerprint density at radius 3 is 2.42 bits per heavy atom. The Morgan fingerprint density at radius 1 is 1.15 bits per heavy atom. The van der Waals surface area contributed by atoms with Crippen molar-refractivity contribution >= 4 is 24.2 Å². The number of amides is 2. The third-order valence-electron chi connectivity index (χ3n) is 5.51. The quantitative estimate of drug-likeness (QED) is 0.854. The molecule has 0 saturated carbocycles. The van der Waals surface area contributed by atoms with Crippen molar-refractivity contribution in [3.63, 3.8) is 0 Å². The average molecular weight is 380 g/mol. The standard InChI is InChI=1S/C20H29N3O2.ClH/c1-15-3-5-17(6-4-15)14-23-18(7-8-19(23)24)20(25)22-11-9-16(10-12-22)13-21-2;/h3-6,16,18,21H,7-14H2,1-2H3;1H. The van der Waals surface area contributed by atoms with Gasteiger partial charge in [0.2, 0.25) is 11.8 Å². The van der Waals surface area contributed by atoms with Gasteiger partial charge in [0.25, 0.3) is 0 Å². The molecule has 1 aromatic rings. The topological polar surface area (TPSA) is 52.7 Å². The van der Waals surface area contributed by atoms with Crippen LogP contribution in [0.4, 0.5) is 0 Å². The lowest BCUT2D eigenvalue weighted by Crippen LogP contribution is -2.49. The van der Waals surface area contributed by atoms with Gasteiger partial charge in [-0.3, -0.25) is 9.59 Å². The second-order valence-electron chi connectivity index (χ2n) is 7.39. The molecule has 26 heavy (non-hydrogen) atoms. The van der Waals surface area contributed by atoms with E-state index < -0.39 is 0 Å². The van der Waals surface area contributed by atoms with Gasteiger partial charge < -0.3 is 15.1 Å². The number of likely N-dealkylation sites (tertiary alicyclic amines) is 2. The average Bonchev–Trinajstić information content (AvgIpc) is 2.98. The van der Waals surface area contributed by atoms with Crippen molar-refractivity contribution in [2.75, 3.05) is 26.7 Å². The summed E-state index contributed by atoms with van der Waals surface area (Å²) in [5.74, 6) is 0.896. The van der Waals surface area contributed by atoms with E-state index in [0.717, 1.165) is 38.0 Å². The minimum absolute atomic E-state index is 0. The first-order chi connectivity index (χ1) is 12.1. The molecule has 0 aromatic heterocycles. The van der Waals surface area contributed by atoms with E-state index in [1.165, 1.54) is 5.56 Å². The molecule has 1 atom stereocenters. The summed E-state index contributed by atoms with van der Waals surface area (Å²) in [6, 6.07) is 7.92. The van der Waals surface area contributed by atoms with Crippen LogP contribution in [0, 0.1) is 12.8 Å². The number of aryl methyl sites for hydroxylation is 1. The predicted octanol–water partition coefficient (Wildman–Crippen LogP) is 2.37. The van der Waals surface area contributed by atoms with Crippen molar-refractivity contribution in [3.05, 3.63) is 35.4 Å². The van der Waals surface area contributed by atoms with Gasteiger partial charge in [0, 0.05) is 26.1 Å². The van der Waals surface area contributed by atoms with Crippen LogP contribution in [0.3, 0.4) is 0 Å². The Balaban J connectivity index is 0.00000243. The van der Waals surface area contributed by atoms with E-state index in [0.29, 0.717) is 25.3 Å². The molecule has 1 N–H and O–H groups in total. The Labute approximate surface area is 162 Å². The SMILES string of the molecule is CNCC1CCN(C(=O)C2CCC(=O)N2Cc2ccc(C)cc2)CC1.Cl. The van der Waals surface area contributed by atoms with Crippen molar-refractivity contribution < 1.29 is 9.59 Å². The Bertz CT molecular complexity index is 612. The molecule has 6 heteroatoms. The molecule has 2 aliphatic rings. The Kier molecular flexibility index (Phi) is 7.47. The van der Waals surface area contributed by atoms with E-state index >= 15 is 0 Å². The molecule has 2 fully saturated rings. The number of carbonyl (C=O) groups is 2. The molecular weight excluding hydrogens is 350 g/mol. The second-order valence-corrected chi connectivity index (χ2v) is 7.39. The second kappa shape index (κ2) is 9.38. The maximum absolute atomic E-state index is 13.0. The summed E-state index contributed by atoms with van der Waals surface area (Å²) in [6.07, 6.45) is 3.23. The number of hydrogen-bond donors (Lipinski definition) is 1. The molecule has 2 amide bonds. The first-order valence-corrected chi connectivity index (χ1v) is 9.37. The smallest absolute Gasteiger partial charge is 0.245 e. The molecule has 144 valence electrons. The molecule has 3 rings (SSSR count). The number of nitrogens with one attached hydrogen (secondary N) is 1. The Morgan fingerprint density at radius 2 is 1.81 bits per heavy atom. The molecule has 0 bridgehead atoms. The van der Waals surface area contributed by atoms with Gasteiger partial charge in [-0.1, -0.05) is 29.8 Å². The summed E-state index contributed by atoms with van der Waals surface area (Å²) in [7, 11) is 1.98. The zero-order valence-corrected chi connectivity index (χ0v) is 16.6. The van der Waals surface area contributed by atoms with Crippen LogP contribution in [0.25, 0.3) is 0 Å². The maximum atomic E-state index is 13.0. The molecule has 0 radical (unpaired) electrons. The summed E-state index contributed by atoms with van der Waals surface area (Å²) in [6.45, 7) is 5.23. The number of hydrogen-bond acceptors (Lipinski definition) is 3. The van der Waals surface area contributed by atoms with Gasteiger partial charge in [0.15, 0.2) is 0 Å². The molecule has 2 aliphatic heterocycles. The fourth-order valence-corrected chi connectivity index (χ4v) is 3.94. The number of benzene rings is 1. The van der Waals surface area contributed by atoms with Crippen molar-refractivity contribution in [2.24, 2.45) is 5.92 Å². The zero-order chi connectivity index (χ0) is 17.8. The number of nitrogens with zero attached hydrogens (tertiary/aromatic N) is 2. The highest BCUT2D eigenvalue weighted by Gasteiger charge is 2.38. The van der Waals surface area contributed by atoms with Gasteiger partial charge in [-0.05, 0) is 51.3 Å². The van der Waals surface area contributed by atoms with E-state index in [9.17, 15) is 9.59 Å². The highest BCUT2D eigenvalue weighted by molar-refractivity contribution is 5.91. The van der Waals surface area contributed by atoms with Crippen LogP contribution in [0.2, 0.25) is 0 Å². The van der Waals surface area contributed by atoms with E-state index in [2.05, 4.69) is 24.4 Å². The molecule has 1 aromatic carbocycles. The molecule has 1 unspecified atom stereocenters. The van der Waals surface area contributed by atoms with Gasteiger partial charge in [-0.2, -0.15) is 0 Å². The largest absolute Gasteiger partial charge is 0.341 e. The van der Waals surface area contributed by atoms with Crippen molar-refractivity contribution in [3.8, 4) is 0 Å². The van der Waals surface area contributed by atoms with Crippen LogP contribution in [0.5, 0.6) is 0 Å².